The summed E-state index contributed by atoms with van der Waals surface area (Å²) in [6.07, 6.45) is 3.33. The lowest BCUT2D eigenvalue weighted by Gasteiger charge is -2.23. The molecule has 1 aliphatic heterocycles. The Morgan fingerprint density at radius 2 is 2.25 bits per heavy atom. The van der Waals surface area contributed by atoms with Crippen LogP contribution >= 0.6 is 0 Å². The minimum Gasteiger partial charge on any atom is -0.345 e. The normalized spacial score (nSPS) is 14.2. The van der Waals surface area contributed by atoms with Gasteiger partial charge < -0.3 is 15.2 Å². The molecule has 0 aromatic carbocycles. The molecule has 0 aliphatic carbocycles. The summed E-state index contributed by atoms with van der Waals surface area (Å²) in [6, 6.07) is 2.91. The van der Waals surface area contributed by atoms with Crippen LogP contribution in [0, 0.1) is 0 Å². The van der Waals surface area contributed by atoms with Crippen LogP contribution in [0.2, 0.25) is 0 Å². The van der Waals surface area contributed by atoms with Crippen LogP contribution in [0.25, 0.3) is 0 Å². The van der Waals surface area contributed by atoms with Crippen molar-refractivity contribution >= 4 is 5.91 Å². The summed E-state index contributed by atoms with van der Waals surface area (Å²) >= 11 is 0. The summed E-state index contributed by atoms with van der Waals surface area (Å²) in [5.41, 5.74) is 3.12. The maximum absolute atomic E-state index is 12.3. The van der Waals surface area contributed by atoms with Crippen molar-refractivity contribution in [1.29, 1.82) is 0 Å². The second-order valence-electron chi connectivity index (χ2n) is 6.00. The number of hydrogen-bond donors (Lipinski definition) is 2. The molecule has 3 rings (SSSR count). The fourth-order valence-electron chi connectivity index (χ4n) is 2.85. The number of pyridine rings is 1. The van der Waals surface area contributed by atoms with Crippen LogP contribution in [0.5, 0.6) is 0 Å². The zero-order valence-electron chi connectivity index (χ0n) is 13.9. The number of aryl methyl sites for hydroxylation is 1. The Hall–Kier alpha value is -2.54. The molecule has 24 heavy (non-hydrogen) atoms. The number of nitrogens with zero attached hydrogens (tertiary/aromatic N) is 3. The summed E-state index contributed by atoms with van der Waals surface area (Å²) in [7, 11) is 2.08. The molecule has 0 atom stereocenters. The highest BCUT2D eigenvalue weighted by Crippen LogP contribution is 2.14. The van der Waals surface area contributed by atoms with E-state index in [0.29, 0.717) is 23.5 Å². The first-order chi connectivity index (χ1) is 11.6. The number of carbonyl (C=O) groups is 1. The highest BCUT2D eigenvalue weighted by Gasteiger charge is 2.16. The molecule has 7 nitrogen and oxygen atoms in total. The van der Waals surface area contributed by atoms with Gasteiger partial charge in [0.15, 0.2) is 0 Å². The molecule has 1 amide bonds. The molecule has 7 heteroatoms. The van der Waals surface area contributed by atoms with Crippen LogP contribution in [0.3, 0.4) is 0 Å². The average molecular weight is 327 g/mol. The maximum Gasteiger partial charge on any atom is 0.253 e. The largest absolute Gasteiger partial charge is 0.345 e. The predicted molar refractivity (Wildman–Crippen MR) is 89.7 cm³/mol. The van der Waals surface area contributed by atoms with E-state index in [-0.39, 0.29) is 18.0 Å². The van der Waals surface area contributed by atoms with Gasteiger partial charge in [-0.25, -0.2) is 9.97 Å². The molecule has 0 radical (unpaired) electrons. The van der Waals surface area contributed by atoms with Crippen molar-refractivity contribution in [2.45, 2.75) is 32.9 Å². The van der Waals surface area contributed by atoms with E-state index in [0.717, 1.165) is 30.8 Å². The number of fused-ring (bicyclic) bond motifs is 1. The van der Waals surface area contributed by atoms with E-state index in [9.17, 15) is 9.59 Å². The Bertz CT molecular complexity index is 815. The zero-order valence-corrected chi connectivity index (χ0v) is 13.9. The summed E-state index contributed by atoms with van der Waals surface area (Å²) < 4.78 is 0. The molecule has 0 fully saturated rings. The van der Waals surface area contributed by atoms with Crippen LogP contribution in [-0.2, 0) is 25.9 Å². The minimum atomic E-state index is -0.232. The van der Waals surface area contributed by atoms with Crippen LogP contribution in [-0.4, -0.2) is 39.4 Å². The number of likely N-dealkylation sites (N-methyl/N-ethyl adjacent to an activating group) is 1. The minimum absolute atomic E-state index is 0.202. The Morgan fingerprint density at radius 3 is 3.04 bits per heavy atom. The molecule has 1 aliphatic rings. The van der Waals surface area contributed by atoms with Gasteiger partial charge in [0.25, 0.3) is 5.91 Å². The summed E-state index contributed by atoms with van der Waals surface area (Å²) in [6.45, 7) is 4.00. The molecule has 2 N–H and O–H groups in total. The van der Waals surface area contributed by atoms with E-state index in [1.807, 2.05) is 13.1 Å². The summed E-state index contributed by atoms with van der Waals surface area (Å²) in [5.74, 6) is 0.373. The third-order valence-corrected chi connectivity index (χ3v) is 4.18. The van der Waals surface area contributed by atoms with Crippen LogP contribution in [0.15, 0.2) is 23.1 Å². The first-order valence-electron chi connectivity index (χ1n) is 8.09. The number of H-pyrrole nitrogens is 1. The monoisotopic (exact) mass is 327 g/mol. The zero-order chi connectivity index (χ0) is 17.1. The quantitative estimate of drug-likeness (QED) is 0.860. The lowest BCUT2D eigenvalue weighted by molar-refractivity contribution is 0.0948. The first kappa shape index (κ1) is 16.3. The fraction of sp³-hybridized carbons (Fsp3) is 0.412. The van der Waals surface area contributed by atoms with Crippen molar-refractivity contribution < 1.29 is 4.79 Å². The Kier molecular flexibility index (Phi) is 4.71. The highest BCUT2D eigenvalue weighted by molar-refractivity contribution is 5.95. The van der Waals surface area contributed by atoms with E-state index in [1.54, 1.807) is 6.07 Å². The fourth-order valence-corrected chi connectivity index (χ4v) is 2.85. The Morgan fingerprint density at radius 1 is 1.42 bits per heavy atom. The third-order valence-electron chi connectivity index (χ3n) is 4.18. The topological polar surface area (TPSA) is 91.0 Å². The Labute approximate surface area is 140 Å². The van der Waals surface area contributed by atoms with Gasteiger partial charge in [-0.15, -0.1) is 0 Å². The number of nitrogens with one attached hydrogen (secondary N) is 2. The van der Waals surface area contributed by atoms with Crippen LogP contribution in [0.4, 0.5) is 0 Å². The molecule has 0 bridgehead atoms. The lowest BCUT2D eigenvalue weighted by atomic mass is 10.1. The molecule has 0 unspecified atom stereocenters. The van der Waals surface area contributed by atoms with E-state index < -0.39 is 0 Å². The SMILES string of the molecule is CCc1[nH]c(=O)ccc1C(=O)NCc1ncc2c(n1)CCN(C)C2. The molecule has 0 spiro atoms. The van der Waals surface area contributed by atoms with Crippen LogP contribution in [0.1, 0.15) is 40.1 Å². The van der Waals surface area contributed by atoms with Gasteiger partial charge in [-0.3, -0.25) is 9.59 Å². The summed E-state index contributed by atoms with van der Waals surface area (Å²) in [5, 5.41) is 2.83. The lowest BCUT2D eigenvalue weighted by Crippen LogP contribution is -2.29. The van der Waals surface area contributed by atoms with Gasteiger partial charge in [0.2, 0.25) is 5.56 Å². The van der Waals surface area contributed by atoms with Crippen molar-refractivity contribution in [3.05, 3.63) is 57.0 Å². The molecule has 0 saturated heterocycles. The molecule has 2 aromatic heterocycles. The number of aromatic amines is 1. The smallest absolute Gasteiger partial charge is 0.253 e. The van der Waals surface area contributed by atoms with Gasteiger partial charge in [-0.05, 0) is 19.5 Å². The second-order valence-corrected chi connectivity index (χ2v) is 6.00. The van der Waals surface area contributed by atoms with Crippen molar-refractivity contribution in [3.63, 3.8) is 0 Å². The molecular weight excluding hydrogens is 306 g/mol. The molecular formula is C17H21N5O2. The van der Waals surface area contributed by atoms with E-state index in [2.05, 4.69) is 32.2 Å². The van der Waals surface area contributed by atoms with Gasteiger partial charge in [0.1, 0.15) is 5.82 Å². The van der Waals surface area contributed by atoms with Crippen LogP contribution < -0.4 is 10.9 Å². The third kappa shape index (κ3) is 3.51. The Balaban J connectivity index is 1.70. The van der Waals surface area contributed by atoms with E-state index in [1.165, 1.54) is 6.07 Å². The average Bonchev–Trinajstić information content (AvgIpc) is 2.59. The van der Waals surface area contributed by atoms with Crippen molar-refractivity contribution in [2.75, 3.05) is 13.6 Å². The van der Waals surface area contributed by atoms with Crippen molar-refractivity contribution in [3.8, 4) is 0 Å². The van der Waals surface area contributed by atoms with E-state index >= 15 is 0 Å². The van der Waals surface area contributed by atoms with Gasteiger partial charge in [-0.2, -0.15) is 0 Å². The van der Waals surface area contributed by atoms with Gasteiger partial charge in [-0.1, -0.05) is 6.92 Å². The predicted octanol–water partition coefficient (Wildman–Crippen LogP) is 0.645. The molecule has 0 saturated carbocycles. The number of hydrogen-bond acceptors (Lipinski definition) is 5. The van der Waals surface area contributed by atoms with Gasteiger partial charge in [0, 0.05) is 48.7 Å². The maximum atomic E-state index is 12.3. The highest BCUT2D eigenvalue weighted by atomic mass is 16.1. The molecule has 126 valence electrons. The summed E-state index contributed by atoms with van der Waals surface area (Å²) in [4.78, 5) is 37.5. The van der Waals surface area contributed by atoms with Crippen molar-refractivity contribution in [2.24, 2.45) is 0 Å². The second kappa shape index (κ2) is 6.92. The number of aromatic nitrogens is 3. The first-order valence-corrected chi connectivity index (χ1v) is 8.09. The molecule has 2 aromatic rings. The molecule has 3 heterocycles. The van der Waals surface area contributed by atoms with Gasteiger partial charge >= 0.3 is 0 Å². The van der Waals surface area contributed by atoms with E-state index in [4.69, 9.17) is 0 Å². The number of amides is 1. The number of rotatable bonds is 4. The number of carbonyl (C=O) groups excluding carboxylic acids is 1. The van der Waals surface area contributed by atoms with Gasteiger partial charge in [0.05, 0.1) is 12.1 Å². The van der Waals surface area contributed by atoms with Crippen molar-refractivity contribution in [1.82, 2.24) is 25.2 Å². The standard InChI is InChI=1S/C17H21N5O2/c1-3-13-12(4-5-16(23)21-13)17(24)19-9-15-18-8-11-10-22(2)7-6-14(11)20-15/h4-5,8H,3,6-7,9-10H2,1-2H3,(H,19,24)(H,21,23).